The topological polar surface area (TPSA) is 66.1 Å². The van der Waals surface area contributed by atoms with Gasteiger partial charge in [-0.3, -0.25) is 5.10 Å². The molecule has 0 saturated heterocycles. The molecule has 0 atom stereocenters. The summed E-state index contributed by atoms with van der Waals surface area (Å²) in [5.74, 6) is 2.32. The van der Waals surface area contributed by atoms with E-state index in [0.29, 0.717) is 12.2 Å². The van der Waals surface area contributed by atoms with Gasteiger partial charge < -0.3 is 0 Å². The molecule has 0 aliphatic carbocycles. The quantitative estimate of drug-likeness (QED) is 0.755. The van der Waals surface area contributed by atoms with Crippen molar-refractivity contribution in [2.45, 2.75) is 18.7 Å². The van der Waals surface area contributed by atoms with Gasteiger partial charge in [-0.25, -0.2) is 8.42 Å². The SMILES string of the molecule is C#CCN(CC)S(=O)(=O)c1cn[nH]c1C. The number of aromatic nitrogens is 2. The molecule has 0 amide bonds. The van der Waals surface area contributed by atoms with Gasteiger partial charge in [0, 0.05) is 6.54 Å². The Morgan fingerprint density at radius 3 is 2.73 bits per heavy atom. The maximum atomic E-state index is 12.0. The van der Waals surface area contributed by atoms with E-state index in [1.165, 1.54) is 10.5 Å². The van der Waals surface area contributed by atoms with Crippen LogP contribution in [0, 0.1) is 19.3 Å². The Labute approximate surface area is 89.5 Å². The van der Waals surface area contributed by atoms with E-state index in [9.17, 15) is 8.42 Å². The fraction of sp³-hybridized carbons (Fsp3) is 0.444. The number of aryl methyl sites for hydroxylation is 1. The zero-order valence-corrected chi connectivity index (χ0v) is 9.50. The summed E-state index contributed by atoms with van der Waals surface area (Å²) in [5, 5.41) is 6.27. The average Bonchev–Trinajstić information content (AvgIpc) is 2.61. The molecular weight excluding hydrogens is 214 g/mol. The summed E-state index contributed by atoms with van der Waals surface area (Å²) in [6.45, 7) is 3.81. The van der Waals surface area contributed by atoms with Crippen LogP contribution in [0.4, 0.5) is 0 Å². The van der Waals surface area contributed by atoms with Gasteiger partial charge >= 0.3 is 0 Å². The first-order valence-electron chi connectivity index (χ1n) is 4.47. The predicted octanol–water partition coefficient (Wildman–Crippen LogP) is 0.362. The zero-order valence-electron chi connectivity index (χ0n) is 8.69. The van der Waals surface area contributed by atoms with Crippen LogP contribution in [0.1, 0.15) is 12.6 Å². The lowest BCUT2D eigenvalue weighted by atomic mass is 10.5. The first-order chi connectivity index (χ1) is 7.04. The predicted molar refractivity (Wildman–Crippen MR) is 56.6 cm³/mol. The molecule has 1 N–H and O–H groups in total. The Morgan fingerprint density at radius 1 is 1.67 bits per heavy atom. The van der Waals surface area contributed by atoms with E-state index in [-0.39, 0.29) is 11.4 Å². The molecule has 0 aliphatic heterocycles. The Bertz CT molecular complexity index is 470. The van der Waals surface area contributed by atoms with Gasteiger partial charge in [-0.1, -0.05) is 12.8 Å². The highest BCUT2D eigenvalue weighted by Gasteiger charge is 2.25. The maximum absolute atomic E-state index is 12.0. The fourth-order valence-electron chi connectivity index (χ4n) is 1.21. The molecule has 1 aromatic rings. The summed E-state index contributed by atoms with van der Waals surface area (Å²) in [4.78, 5) is 0.180. The second-order valence-corrected chi connectivity index (χ2v) is 4.90. The molecule has 0 spiro atoms. The van der Waals surface area contributed by atoms with E-state index in [1.807, 2.05) is 0 Å². The van der Waals surface area contributed by atoms with Crippen LogP contribution >= 0.6 is 0 Å². The largest absolute Gasteiger partial charge is 0.281 e. The molecule has 1 rings (SSSR count). The van der Waals surface area contributed by atoms with E-state index in [2.05, 4.69) is 16.1 Å². The summed E-state index contributed by atoms with van der Waals surface area (Å²) in [5.41, 5.74) is 0.519. The van der Waals surface area contributed by atoms with Crippen LogP contribution < -0.4 is 0 Å². The first-order valence-corrected chi connectivity index (χ1v) is 5.91. The first kappa shape index (κ1) is 11.8. The Morgan fingerprint density at radius 2 is 2.33 bits per heavy atom. The van der Waals surface area contributed by atoms with Gasteiger partial charge in [-0.15, -0.1) is 6.42 Å². The highest BCUT2D eigenvalue weighted by Crippen LogP contribution is 2.16. The lowest BCUT2D eigenvalue weighted by Gasteiger charge is -2.16. The van der Waals surface area contributed by atoms with Crippen molar-refractivity contribution in [3.63, 3.8) is 0 Å². The molecule has 0 unspecified atom stereocenters. The fourth-order valence-corrected chi connectivity index (χ4v) is 2.69. The standard InChI is InChI=1S/C9H13N3O2S/c1-4-6-12(5-2)15(13,14)9-7-10-11-8(9)3/h1,7H,5-6H2,2-3H3,(H,10,11). The van der Waals surface area contributed by atoms with Gasteiger partial charge in [0.1, 0.15) is 4.90 Å². The lowest BCUT2D eigenvalue weighted by molar-refractivity contribution is 0.463. The van der Waals surface area contributed by atoms with Gasteiger partial charge in [0.25, 0.3) is 0 Å². The van der Waals surface area contributed by atoms with Crippen LogP contribution in [0.2, 0.25) is 0 Å². The van der Waals surface area contributed by atoms with Crippen molar-refractivity contribution in [3.05, 3.63) is 11.9 Å². The third-order valence-electron chi connectivity index (χ3n) is 2.02. The minimum atomic E-state index is -3.50. The second-order valence-electron chi connectivity index (χ2n) is 2.99. The van der Waals surface area contributed by atoms with Crippen molar-refractivity contribution in [3.8, 4) is 12.3 Å². The molecule has 5 nitrogen and oxygen atoms in total. The molecule has 0 bridgehead atoms. The van der Waals surface area contributed by atoms with Crippen LogP contribution in [0.3, 0.4) is 0 Å². The zero-order chi connectivity index (χ0) is 11.5. The third-order valence-corrected chi connectivity index (χ3v) is 4.06. The highest BCUT2D eigenvalue weighted by molar-refractivity contribution is 7.89. The monoisotopic (exact) mass is 227 g/mol. The number of H-pyrrole nitrogens is 1. The Kier molecular flexibility index (Phi) is 3.50. The average molecular weight is 227 g/mol. The van der Waals surface area contributed by atoms with Crippen LogP contribution in [-0.2, 0) is 10.0 Å². The van der Waals surface area contributed by atoms with Crippen molar-refractivity contribution in [1.82, 2.24) is 14.5 Å². The number of nitrogens with one attached hydrogen (secondary N) is 1. The van der Waals surface area contributed by atoms with Gasteiger partial charge in [0.15, 0.2) is 0 Å². The molecule has 0 radical (unpaired) electrons. The lowest BCUT2D eigenvalue weighted by Crippen LogP contribution is -2.31. The number of terminal acetylenes is 1. The second kappa shape index (κ2) is 4.47. The molecule has 0 fully saturated rings. The molecule has 6 heteroatoms. The third kappa shape index (κ3) is 2.19. The van der Waals surface area contributed by atoms with Gasteiger partial charge in [0.05, 0.1) is 18.4 Å². The van der Waals surface area contributed by atoms with Crippen molar-refractivity contribution in [2.24, 2.45) is 0 Å². The van der Waals surface area contributed by atoms with Gasteiger partial charge in [-0.2, -0.15) is 9.40 Å². The van der Waals surface area contributed by atoms with Crippen molar-refractivity contribution in [1.29, 1.82) is 0 Å². The molecule has 15 heavy (non-hydrogen) atoms. The normalized spacial score (nSPS) is 11.6. The Balaban J connectivity index is 3.13. The van der Waals surface area contributed by atoms with E-state index < -0.39 is 10.0 Å². The van der Waals surface area contributed by atoms with E-state index in [1.54, 1.807) is 13.8 Å². The number of rotatable bonds is 4. The van der Waals surface area contributed by atoms with Crippen molar-refractivity contribution >= 4 is 10.0 Å². The molecule has 1 heterocycles. The number of hydrogen-bond acceptors (Lipinski definition) is 3. The molecule has 1 aromatic heterocycles. The molecule has 0 saturated carbocycles. The van der Waals surface area contributed by atoms with Gasteiger partial charge in [0.2, 0.25) is 10.0 Å². The minimum absolute atomic E-state index is 0.0729. The summed E-state index contributed by atoms with van der Waals surface area (Å²) >= 11 is 0. The summed E-state index contributed by atoms with van der Waals surface area (Å²) < 4.78 is 25.2. The van der Waals surface area contributed by atoms with Crippen LogP contribution in [-0.4, -0.2) is 36.0 Å². The summed E-state index contributed by atoms with van der Waals surface area (Å²) in [6.07, 6.45) is 6.41. The molecule has 0 aromatic carbocycles. The van der Waals surface area contributed by atoms with Crippen molar-refractivity contribution in [2.75, 3.05) is 13.1 Å². The van der Waals surface area contributed by atoms with Gasteiger partial charge in [-0.05, 0) is 6.92 Å². The minimum Gasteiger partial charge on any atom is -0.281 e. The van der Waals surface area contributed by atoms with E-state index >= 15 is 0 Å². The molecule has 82 valence electrons. The molecular formula is C9H13N3O2S. The van der Waals surface area contributed by atoms with Crippen molar-refractivity contribution < 1.29 is 8.42 Å². The summed E-state index contributed by atoms with van der Waals surface area (Å²) in [7, 11) is -3.50. The van der Waals surface area contributed by atoms with Crippen LogP contribution in [0.5, 0.6) is 0 Å². The smallest absolute Gasteiger partial charge is 0.247 e. The molecule has 0 aliphatic rings. The van der Waals surface area contributed by atoms with Crippen LogP contribution in [0.25, 0.3) is 0 Å². The number of aromatic amines is 1. The van der Waals surface area contributed by atoms with E-state index in [4.69, 9.17) is 6.42 Å². The Hall–Kier alpha value is -1.32. The highest BCUT2D eigenvalue weighted by atomic mass is 32.2. The number of hydrogen-bond donors (Lipinski definition) is 1. The number of nitrogens with zero attached hydrogens (tertiary/aromatic N) is 2. The summed E-state index contributed by atoms with van der Waals surface area (Å²) in [6, 6.07) is 0. The van der Waals surface area contributed by atoms with E-state index in [0.717, 1.165) is 0 Å². The van der Waals surface area contributed by atoms with Crippen LogP contribution in [0.15, 0.2) is 11.1 Å². The maximum Gasteiger partial charge on any atom is 0.247 e. The number of sulfonamides is 1.